The summed E-state index contributed by atoms with van der Waals surface area (Å²) in [4.78, 5) is 10.6. The van der Waals surface area contributed by atoms with Gasteiger partial charge in [-0.05, 0) is 53.9 Å². The zero-order valence-electron chi connectivity index (χ0n) is 16.1. The van der Waals surface area contributed by atoms with Crippen LogP contribution >= 0.6 is 0 Å². The minimum atomic E-state index is -0.258. The maximum Gasteiger partial charge on any atom is 0.191 e. The van der Waals surface area contributed by atoms with Crippen molar-refractivity contribution in [2.75, 3.05) is 31.6 Å². The first-order valence-corrected chi connectivity index (χ1v) is 10.1. The van der Waals surface area contributed by atoms with Gasteiger partial charge in [0.2, 0.25) is 0 Å². The highest BCUT2D eigenvalue weighted by atomic mass is 19.1. The maximum absolute atomic E-state index is 14.0. The molecule has 2 aromatic rings. The van der Waals surface area contributed by atoms with Gasteiger partial charge in [0.05, 0.1) is 0 Å². The van der Waals surface area contributed by atoms with Crippen molar-refractivity contribution in [1.82, 2.24) is 15.6 Å². The number of halogens is 1. The maximum atomic E-state index is 14.0. The Morgan fingerprint density at radius 3 is 3.04 bits per heavy atom. The van der Waals surface area contributed by atoms with Crippen molar-refractivity contribution in [3.8, 4) is 0 Å². The Morgan fingerprint density at radius 2 is 2.18 bits per heavy atom. The van der Waals surface area contributed by atoms with Crippen LogP contribution in [0.4, 0.5) is 10.2 Å². The number of aromatic nitrogens is 1. The van der Waals surface area contributed by atoms with Crippen LogP contribution in [0.15, 0.2) is 47.6 Å². The van der Waals surface area contributed by atoms with Crippen LogP contribution in [0, 0.1) is 17.7 Å². The van der Waals surface area contributed by atoms with E-state index in [9.17, 15) is 4.39 Å². The molecule has 28 heavy (non-hydrogen) atoms. The van der Waals surface area contributed by atoms with E-state index in [0.717, 1.165) is 43.9 Å². The zero-order valence-corrected chi connectivity index (χ0v) is 16.1. The van der Waals surface area contributed by atoms with Crippen molar-refractivity contribution in [2.24, 2.45) is 16.8 Å². The number of nitrogens with one attached hydrogen (secondary N) is 2. The fourth-order valence-electron chi connectivity index (χ4n) is 5.05. The van der Waals surface area contributed by atoms with Crippen LogP contribution < -0.4 is 15.5 Å². The van der Waals surface area contributed by atoms with Crippen molar-refractivity contribution < 1.29 is 4.39 Å². The van der Waals surface area contributed by atoms with E-state index in [0.29, 0.717) is 11.7 Å². The molecule has 0 amide bonds. The smallest absolute Gasteiger partial charge is 0.191 e. The van der Waals surface area contributed by atoms with Crippen molar-refractivity contribution in [3.63, 3.8) is 0 Å². The zero-order chi connectivity index (χ0) is 19.1. The molecule has 0 bridgehead atoms. The molecule has 0 spiro atoms. The Balaban J connectivity index is 1.13. The van der Waals surface area contributed by atoms with Gasteiger partial charge in [-0.2, -0.15) is 0 Å². The number of guanidine groups is 1. The lowest BCUT2D eigenvalue weighted by molar-refractivity contribution is 0.609. The molecule has 5 rings (SSSR count). The topological polar surface area (TPSA) is 52.6 Å². The minimum Gasteiger partial charge on any atom is -0.356 e. The van der Waals surface area contributed by atoms with Crippen molar-refractivity contribution in [3.05, 3.63) is 59.5 Å². The quantitative estimate of drug-likeness (QED) is 0.633. The summed E-state index contributed by atoms with van der Waals surface area (Å²) in [7, 11) is 1.81. The van der Waals surface area contributed by atoms with Gasteiger partial charge in [-0.1, -0.05) is 24.3 Å². The minimum absolute atomic E-state index is 0.243. The predicted molar refractivity (Wildman–Crippen MR) is 109 cm³/mol. The fourth-order valence-corrected chi connectivity index (χ4v) is 5.05. The van der Waals surface area contributed by atoms with Crippen LogP contribution in [0.5, 0.6) is 0 Å². The van der Waals surface area contributed by atoms with E-state index >= 15 is 0 Å². The van der Waals surface area contributed by atoms with Crippen LogP contribution in [0.1, 0.15) is 23.5 Å². The highest BCUT2D eigenvalue weighted by Crippen LogP contribution is 2.60. The van der Waals surface area contributed by atoms with Crippen LogP contribution in [0.2, 0.25) is 0 Å². The average Bonchev–Trinajstić information content (AvgIpc) is 3.05. The number of hydrogen-bond donors (Lipinski definition) is 2. The lowest BCUT2D eigenvalue weighted by Gasteiger charge is -2.20. The van der Waals surface area contributed by atoms with E-state index in [4.69, 9.17) is 0 Å². The number of rotatable bonds is 4. The Hall–Kier alpha value is -2.63. The third-order valence-electron chi connectivity index (χ3n) is 6.50. The van der Waals surface area contributed by atoms with Crippen molar-refractivity contribution in [2.45, 2.75) is 24.8 Å². The summed E-state index contributed by atoms with van der Waals surface area (Å²) in [5.74, 6) is 3.24. The van der Waals surface area contributed by atoms with Crippen LogP contribution in [-0.4, -0.2) is 43.7 Å². The second kappa shape index (κ2) is 7.08. The standard InChI is InChI=1S/C22H26FN5/c1-24-22(26-12-18-17-11-14-5-2-3-6-16(14)20(17)18)27-15-8-10-28(13-15)21-19(23)7-4-9-25-21/h2-7,9,15,17-18,20H,8,10-13H2,1H3,(H2,24,26,27). The molecule has 1 aromatic carbocycles. The number of pyridine rings is 1. The van der Waals surface area contributed by atoms with Gasteiger partial charge in [0.15, 0.2) is 17.6 Å². The molecule has 2 N–H and O–H groups in total. The monoisotopic (exact) mass is 379 g/mol. The predicted octanol–water partition coefficient (Wildman–Crippen LogP) is 2.55. The molecule has 1 aliphatic heterocycles. The van der Waals surface area contributed by atoms with Gasteiger partial charge in [-0.25, -0.2) is 9.37 Å². The molecule has 2 aliphatic carbocycles. The lowest BCUT2D eigenvalue weighted by atomic mass is 10.0. The Bertz CT molecular complexity index is 898. The second-order valence-corrected chi connectivity index (χ2v) is 8.09. The summed E-state index contributed by atoms with van der Waals surface area (Å²) in [5, 5.41) is 7.01. The third-order valence-corrected chi connectivity index (χ3v) is 6.50. The number of benzene rings is 1. The Morgan fingerprint density at radius 1 is 1.29 bits per heavy atom. The highest BCUT2D eigenvalue weighted by molar-refractivity contribution is 5.80. The van der Waals surface area contributed by atoms with E-state index < -0.39 is 0 Å². The van der Waals surface area contributed by atoms with E-state index in [-0.39, 0.29) is 11.9 Å². The molecule has 1 aromatic heterocycles. The van der Waals surface area contributed by atoms with E-state index in [1.807, 2.05) is 11.9 Å². The van der Waals surface area contributed by atoms with Gasteiger partial charge in [-0.3, -0.25) is 4.99 Å². The first-order valence-electron chi connectivity index (χ1n) is 10.1. The first kappa shape index (κ1) is 17.5. The molecule has 4 unspecified atom stereocenters. The molecule has 6 heteroatoms. The Kier molecular flexibility index (Phi) is 4.41. The molecule has 1 saturated heterocycles. The van der Waals surface area contributed by atoms with Gasteiger partial charge >= 0.3 is 0 Å². The summed E-state index contributed by atoms with van der Waals surface area (Å²) in [6.45, 7) is 2.48. The van der Waals surface area contributed by atoms with Crippen molar-refractivity contribution in [1.29, 1.82) is 0 Å². The molecule has 2 heterocycles. The molecule has 1 saturated carbocycles. The van der Waals surface area contributed by atoms with Crippen LogP contribution in [-0.2, 0) is 6.42 Å². The van der Waals surface area contributed by atoms with Gasteiger partial charge < -0.3 is 15.5 Å². The van der Waals surface area contributed by atoms with E-state index in [1.165, 1.54) is 18.1 Å². The normalized spacial score (nSPS) is 28.1. The summed E-state index contributed by atoms with van der Waals surface area (Å²) in [5.41, 5.74) is 3.08. The van der Waals surface area contributed by atoms with Crippen molar-refractivity contribution >= 4 is 11.8 Å². The molecular weight excluding hydrogens is 353 g/mol. The SMILES string of the molecule is CN=C(NCC1C2Cc3ccccc3C12)NC1CCN(c2ncccc2F)C1. The van der Waals surface area contributed by atoms with Gasteiger partial charge in [0.1, 0.15) is 0 Å². The summed E-state index contributed by atoms with van der Waals surface area (Å²) >= 11 is 0. The first-order chi connectivity index (χ1) is 13.7. The number of hydrogen-bond acceptors (Lipinski definition) is 3. The molecule has 0 radical (unpaired) electrons. The molecular formula is C22H26FN5. The van der Waals surface area contributed by atoms with Crippen LogP contribution in [0.3, 0.4) is 0 Å². The largest absolute Gasteiger partial charge is 0.356 e. The summed E-state index contributed by atoms with van der Waals surface area (Å²) in [6.07, 6.45) is 3.80. The summed E-state index contributed by atoms with van der Waals surface area (Å²) < 4.78 is 14.0. The Labute approximate surface area is 165 Å². The molecule has 4 atom stereocenters. The molecule has 3 aliphatic rings. The average molecular weight is 379 g/mol. The lowest BCUT2D eigenvalue weighted by Crippen LogP contribution is -2.45. The number of nitrogens with zero attached hydrogens (tertiary/aromatic N) is 3. The number of fused-ring (bicyclic) bond motifs is 3. The highest BCUT2D eigenvalue weighted by Gasteiger charge is 2.54. The molecule has 146 valence electrons. The van der Waals surface area contributed by atoms with E-state index in [1.54, 1.807) is 17.8 Å². The molecule has 5 nitrogen and oxygen atoms in total. The number of anilines is 1. The fraction of sp³-hybridized carbons (Fsp3) is 0.455. The van der Waals surface area contributed by atoms with Gasteiger partial charge in [0.25, 0.3) is 0 Å². The summed E-state index contributed by atoms with van der Waals surface area (Å²) in [6, 6.07) is 12.2. The van der Waals surface area contributed by atoms with E-state index in [2.05, 4.69) is 44.9 Å². The second-order valence-electron chi connectivity index (χ2n) is 8.09. The third kappa shape index (κ3) is 3.11. The molecule has 2 fully saturated rings. The van der Waals surface area contributed by atoms with Gasteiger partial charge in [-0.15, -0.1) is 0 Å². The van der Waals surface area contributed by atoms with Crippen LogP contribution in [0.25, 0.3) is 0 Å². The number of aliphatic imine (C=N–C) groups is 1. The van der Waals surface area contributed by atoms with Gasteiger partial charge in [0, 0.05) is 38.9 Å².